The first-order valence-electron chi connectivity index (χ1n) is 6.51. The smallest absolute Gasteiger partial charge is 0.316 e. The molecule has 22 heavy (non-hydrogen) atoms. The lowest BCUT2D eigenvalue weighted by Crippen LogP contribution is -2.25. The number of ether oxygens (including phenoxy) is 2. The molecule has 1 aromatic carbocycles. The van der Waals surface area contributed by atoms with Gasteiger partial charge in [0.15, 0.2) is 11.5 Å². The Bertz CT molecular complexity index is 664. The van der Waals surface area contributed by atoms with Crippen molar-refractivity contribution in [3.05, 3.63) is 29.3 Å². The van der Waals surface area contributed by atoms with E-state index in [-0.39, 0.29) is 11.3 Å². The molecule has 6 nitrogen and oxygen atoms in total. The van der Waals surface area contributed by atoms with Gasteiger partial charge in [-0.05, 0) is 44.5 Å². The maximum absolute atomic E-state index is 11.9. The summed E-state index contributed by atoms with van der Waals surface area (Å²) in [4.78, 5) is 22.9. The van der Waals surface area contributed by atoms with Crippen LogP contribution in [0.4, 0.5) is 0 Å². The predicted molar refractivity (Wildman–Crippen MR) is 80.9 cm³/mol. The summed E-state index contributed by atoms with van der Waals surface area (Å²) in [6.45, 7) is 5.22. The molecule has 116 valence electrons. The highest BCUT2D eigenvalue weighted by Crippen LogP contribution is 2.31. The number of rotatable bonds is 4. The number of carbonyl (C=O) groups is 2. The van der Waals surface area contributed by atoms with E-state index < -0.39 is 17.3 Å². The van der Waals surface area contributed by atoms with Crippen molar-refractivity contribution < 1.29 is 19.1 Å². The summed E-state index contributed by atoms with van der Waals surface area (Å²) in [5.74, 6) is -0.640. The van der Waals surface area contributed by atoms with Gasteiger partial charge in [0, 0.05) is 0 Å². The molecule has 0 saturated carbocycles. The third-order valence-corrected chi connectivity index (χ3v) is 2.70. The van der Waals surface area contributed by atoms with Crippen LogP contribution in [0.2, 0.25) is 0 Å². The fourth-order valence-electron chi connectivity index (χ4n) is 1.44. The first-order valence-corrected chi connectivity index (χ1v) is 6.51. The van der Waals surface area contributed by atoms with Crippen LogP contribution < -0.4 is 15.2 Å². The van der Waals surface area contributed by atoms with Crippen molar-refractivity contribution in [2.75, 3.05) is 7.11 Å². The summed E-state index contributed by atoms with van der Waals surface area (Å²) in [6.07, 6.45) is 1.33. The molecule has 6 heteroatoms. The molecule has 0 heterocycles. The fraction of sp³-hybridized carbons (Fsp3) is 0.312. The van der Waals surface area contributed by atoms with E-state index in [0.717, 1.165) is 0 Å². The number of nitrogens with two attached hydrogens (primary N) is 1. The van der Waals surface area contributed by atoms with Crippen LogP contribution in [0.1, 0.15) is 26.3 Å². The van der Waals surface area contributed by atoms with Crippen LogP contribution in [-0.4, -0.2) is 19.0 Å². The largest absolute Gasteiger partial charge is 0.493 e. The molecule has 0 atom stereocenters. The van der Waals surface area contributed by atoms with Gasteiger partial charge in [-0.15, -0.1) is 0 Å². The van der Waals surface area contributed by atoms with Gasteiger partial charge in [0.1, 0.15) is 11.6 Å². The summed E-state index contributed by atoms with van der Waals surface area (Å²) in [5.41, 5.74) is 4.78. The van der Waals surface area contributed by atoms with Gasteiger partial charge in [-0.2, -0.15) is 5.26 Å². The molecule has 2 N–H and O–H groups in total. The Morgan fingerprint density at radius 2 is 1.91 bits per heavy atom. The third-order valence-electron chi connectivity index (χ3n) is 2.70. The number of nitrogens with zero attached hydrogens (tertiary/aromatic N) is 1. The lowest BCUT2D eigenvalue weighted by molar-refractivity contribution is -0.143. The van der Waals surface area contributed by atoms with Crippen LogP contribution >= 0.6 is 0 Å². The Balaban J connectivity index is 3.15. The SMILES string of the molecule is COc1cc(/C=C(\C#N)C(N)=O)ccc1OC(=O)C(C)(C)C. The average Bonchev–Trinajstić information content (AvgIpc) is 2.44. The molecule has 1 amide bonds. The molecular weight excluding hydrogens is 284 g/mol. The zero-order valence-corrected chi connectivity index (χ0v) is 13.0. The van der Waals surface area contributed by atoms with E-state index >= 15 is 0 Å². The topological polar surface area (TPSA) is 102 Å². The highest BCUT2D eigenvalue weighted by Gasteiger charge is 2.24. The van der Waals surface area contributed by atoms with E-state index in [9.17, 15) is 9.59 Å². The fourth-order valence-corrected chi connectivity index (χ4v) is 1.44. The van der Waals surface area contributed by atoms with Gasteiger partial charge in [-0.1, -0.05) is 6.07 Å². The van der Waals surface area contributed by atoms with Crippen LogP contribution in [0.5, 0.6) is 11.5 Å². The lowest BCUT2D eigenvalue weighted by atomic mass is 9.97. The molecule has 0 fully saturated rings. The van der Waals surface area contributed by atoms with Crippen molar-refractivity contribution in [2.24, 2.45) is 11.1 Å². The van der Waals surface area contributed by atoms with Crippen molar-refractivity contribution in [3.8, 4) is 17.6 Å². The molecule has 0 aliphatic heterocycles. The van der Waals surface area contributed by atoms with Gasteiger partial charge >= 0.3 is 5.97 Å². The van der Waals surface area contributed by atoms with Gasteiger partial charge in [0.2, 0.25) is 0 Å². The van der Waals surface area contributed by atoms with Crippen molar-refractivity contribution in [1.29, 1.82) is 5.26 Å². The number of methoxy groups -OCH3 is 1. The minimum absolute atomic E-state index is 0.179. The van der Waals surface area contributed by atoms with Crippen molar-refractivity contribution in [1.82, 2.24) is 0 Å². The van der Waals surface area contributed by atoms with Crippen LogP contribution in [0, 0.1) is 16.7 Å². The molecule has 0 unspecified atom stereocenters. The average molecular weight is 302 g/mol. The van der Waals surface area contributed by atoms with E-state index in [1.54, 1.807) is 39.0 Å². The van der Waals surface area contributed by atoms with E-state index in [2.05, 4.69) is 0 Å². The monoisotopic (exact) mass is 302 g/mol. The highest BCUT2D eigenvalue weighted by atomic mass is 16.6. The Morgan fingerprint density at radius 1 is 1.27 bits per heavy atom. The molecule has 0 spiro atoms. The Hall–Kier alpha value is -2.81. The molecule has 0 aliphatic carbocycles. The van der Waals surface area contributed by atoms with E-state index in [4.69, 9.17) is 20.5 Å². The molecule has 0 saturated heterocycles. The number of amides is 1. The van der Waals surface area contributed by atoms with Gasteiger partial charge in [0.05, 0.1) is 12.5 Å². The number of carbonyl (C=O) groups excluding carboxylic acids is 2. The predicted octanol–water partition coefficient (Wildman–Crippen LogP) is 2.04. The lowest BCUT2D eigenvalue weighted by Gasteiger charge is -2.17. The number of benzene rings is 1. The number of primary amides is 1. The summed E-state index contributed by atoms with van der Waals surface area (Å²) < 4.78 is 10.5. The molecule has 0 bridgehead atoms. The molecule has 0 radical (unpaired) electrons. The van der Waals surface area contributed by atoms with E-state index in [1.165, 1.54) is 19.3 Å². The molecular formula is C16H18N2O4. The summed E-state index contributed by atoms with van der Waals surface area (Å²) >= 11 is 0. The molecule has 1 rings (SSSR count). The highest BCUT2D eigenvalue weighted by molar-refractivity contribution is 6.00. The first kappa shape index (κ1) is 17.2. The maximum atomic E-state index is 11.9. The minimum atomic E-state index is -0.815. The van der Waals surface area contributed by atoms with E-state index in [1.807, 2.05) is 0 Å². The van der Waals surface area contributed by atoms with Crippen LogP contribution in [0.25, 0.3) is 6.08 Å². The quantitative estimate of drug-likeness (QED) is 0.397. The zero-order valence-electron chi connectivity index (χ0n) is 13.0. The maximum Gasteiger partial charge on any atom is 0.316 e. The molecule has 0 aromatic heterocycles. The Morgan fingerprint density at radius 3 is 2.36 bits per heavy atom. The second-order valence-electron chi connectivity index (χ2n) is 5.58. The normalized spacial score (nSPS) is 11.5. The summed E-state index contributed by atoms with van der Waals surface area (Å²) in [5, 5.41) is 8.83. The number of esters is 1. The number of hydrogen-bond donors (Lipinski definition) is 1. The second kappa shape index (κ2) is 6.76. The van der Waals surface area contributed by atoms with Gasteiger partial charge in [-0.25, -0.2) is 0 Å². The first-order chi connectivity index (χ1) is 10.2. The Labute approximate surface area is 129 Å². The van der Waals surface area contributed by atoms with E-state index in [0.29, 0.717) is 11.3 Å². The van der Waals surface area contributed by atoms with Crippen LogP contribution in [0.15, 0.2) is 23.8 Å². The standard InChI is InChI=1S/C16H18N2O4/c1-16(2,3)15(20)22-12-6-5-10(8-13(12)21-4)7-11(9-17)14(18)19/h5-8H,1-4H3,(H2,18,19)/b11-7+. The molecule has 1 aromatic rings. The van der Waals surface area contributed by atoms with Crippen LogP contribution in [-0.2, 0) is 9.59 Å². The van der Waals surface area contributed by atoms with Crippen molar-refractivity contribution >= 4 is 18.0 Å². The van der Waals surface area contributed by atoms with Gasteiger partial charge in [0.25, 0.3) is 5.91 Å². The van der Waals surface area contributed by atoms with Gasteiger partial charge < -0.3 is 15.2 Å². The minimum Gasteiger partial charge on any atom is -0.493 e. The number of hydrogen-bond acceptors (Lipinski definition) is 5. The number of nitriles is 1. The third kappa shape index (κ3) is 4.35. The van der Waals surface area contributed by atoms with Crippen molar-refractivity contribution in [3.63, 3.8) is 0 Å². The van der Waals surface area contributed by atoms with Gasteiger partial charge in [-0.3, -0.25) is 9.59 Å². The summed E-state index contributed by atoms with van der Waals surface area (Å²) in [7, 11) is 1.43. The zero-order chi connectivity index (χ0) is 16.9. The van der Waals surface area contributed by atoms with Crippen molar-refractivity contribution in [2.45, 2.75) is 20.8 Å². The molecule has 0 aliphatic rings. The second-order valence-corrected chi connectivity index (χ2v) is 5.58. The summed E-state index contributed by atoms with van der Waals surface area (Å²) in [6, 6.07) is 6.39. The Kier molecular flexibility index (Phi) is 5.30. The van der Waals surface area contributed by atoms with Crippen LogP contribution in [0.3, 0.4) is 0 Å².